The highest BCUT2D eigenvalue weighted by molar-refractivity contribution is 9.10. The first-order valence-electron chi connectivity index (χ1n) is 5.05. The smallest absolute Gasteiger partial charge is 0.133 e. The molecule has 0 aliphatic rings. The SMILES string of the molecule is COCCC(C)Oc1ccc(C)cc1Br. The molecular weight excluding hydrogens is 256 g/mol. The average Bonchev–Trinajstić information content (AvgIpc) is 2.19. The van der Waals surface area contributed by atoms with E-state index in [1.165, 1.54) is 5.56 Å². The molecule has 15 heavy (non-hydrogen) atoms. The Hall–Kier alpha value is -0.540. The summed E-state index contributed by atoms with van der Waals surface area (Å²) in [4.78, 5) is 0. The fraction of sp³-hybridized carbons (Fsp3) is 0.500. The molecule has 0 saturated heterocycles. The normalized spacial score (nSPS) is 12.5. The van der Waals surface area contributed by atoms with E-state index in [0.717, 1.165) is 23.2 Å². The largest absolute Gasteiger partial charge is 0.489 e. The molecule has 0 heterocycles. The molecule has 0 saturated carbocycles. The van der Waals surface area contributed by atoms with E-state index in [9.17, 15) is 0 Å². The topological polar surface area (TPSA) is 18.5 Å². The molecule has 0 fully saturated rings. The summed E-state index contributed by atoms with van der Waals surface area (Å²) in [5.74, 6) is 0.893. The Kier molecular flexibility index (Phi) is 5.12. The molecule has 0 aliphatic carbocycles. The molecule has 1 rings (SSSR count). The first-order chi connectivity index (χ1) is 7.13. The maximum absolute atomic E-state index is 5.78. The van der Waals surface area contributed by atoms with Gasteiger partial charge in [0.2, 0.25) is 0 Å². The minimum absolute atomic E-state index is 0.170. The van der Waals surface area contributed by atoms with Crippen LogP contribution in [-0.2, 0) is 4.74 Å². The molecule has 0 bridgehead atoms. The van der Waals surface area contributed by atoms with Crippen molar-refractivity contribution in [2.45, 2.75) is 26.4 Å². The third-order valence-corrected chi connectivity index (χ3v) is 2.76. The number of aryl methyl sites for hydroxylation is 1. The van der Waals surface area contributed by atoms with Crippen molar-refractivity contribution in [1.29, 1.82) is 0 Å². The number of benzene rings is 1. The van der Waals surface area contributed by atoms with Gasteiger partial charge in [-0.05, 0) is 47.5 Å². The minimum Gasteiger partial charge on any atom is -0.489 e. The third-order valence-electron chi connectivity index (χ3n) is 2.14. The van der Waals surface area contributed by atoms with Crippen molar-refractivity contribution in [2.75, 3.05) is 13.7 Å². The highest BCUT2D eigenvalue weighted by Crippen LogP contribution is 2.26. The van der Waals surface area contributed by atoms with Crippen LogP contribution in [-0.4, -0.2) is 19.8 Å². The van der Waals surface area contributed by atoms with E-state index in [0.29, 0.717) is 0 Å². The van der Waals surface area contributed by atoms with Gasteiger partial charge in [0.1, 0.15) is 5.75 Å². The summed E-state index contributed by atoms with van der Waals surface area (Å²) >= 11 is 3.49. The minimum atomic E-state index is 0.170. The molecule has 0 radical (unpaired) electrons. The van der Waals surface area contributed by atoms with Crippen molar-refractivity contribution in [1.82, 2.24) is 0 Å². The summed E-state index contributed by atoms with van der Waals surface area (Å²) in [6.45, 7) is 4.83. The summed E-state index contributed by atoms with van der Waals surface area (Å²) in [6, 6.07) is 6.09. The molecule has 2 nitrogen and oxygen atoms in total. The predicted octanol–water partition coefficient (Wildman–Crippen LogP) is 3.56. The first kappa shape index (κ1) is 12.5. The first-order valence-corrected chi connectivity index (χ1v) is 5.84. The Morgan fingerprint density at radius 3 is 2.73 bits per heavy atom. The predicted molar refractivity (Wildman–Crippen MR) is 65.5 cm³/mol. The Balaban J connectivity index is 2.56. The van der Waals surface area contributed by atoms with E-state index >= 15 is 0 Å². The lowest BCUT2D eigenvalue weighted by atomic mass is 10.2. The van der Waals surface area contributed by atoms with Crippen molar-refractivity contribution in [3.8, 4) is 5.75 Å². The molecule has 0 spiro atoms. The number of rotatable bonds is 5. The molecule has 0 amide bonds. The lowest BCUT2D eigenvalue weighted by Gasteiger charge is -2.15. The number of hydrogen-bond acceptors (Lipinski definition) is 2. The van der Waals surface area contributed by atoms with Gasteiger partial charge in [-0.3, -0.25) is 0 Å². The monoisotopic (exact) mass is 272 g/mol. The van der Waals surface area contributed by atoms with E-state index in [-0.39, 0.29) is 6.10 Å². The Bertz CT molecular complexity index is 312. The van der Waals surface area contributed by atoms with E-state index in [1.807, 2.05) is 19.1 Å². The van der Waals surface area contributed by atoms with Gasteiger partial charge in [0, 0.05) is 20.1 Å². The number of halogens is 1. The summed E-state index contributed by atoms with van der Waals surface area (Å²) in [6.07, 6.45) is 1.07. The Morgan fingerprint density at radius 2 is 2.13 bits per heavy atom. The van der Waals surface area contributed by atoms with Gasteiger partial charge in [0.05, 0.1) is 10.6 Å². The van der Waals surface area contributed by atoms with E-state index in [4.69, 9.17) is 9.47 Å². The Morgan fingerprint density at radius 1 is 1.40 bits per heavy atom. The lowest BCUT2D eigenvalue weighted by Crippen LogP contribution is -2.14. The molecule has 84 valence electrons. The summed E-state index contributed by atoms with van der Waals surface area (Å²) in [5.41, 5.74) is 1.22. The second-order valence-electron chi connectivity index (χ2n) is 3.64. The van der Waals surface area contributed by atoms with Crippen LogP contribution in [0.1, 0.15) is 18.9 Å². The fourth-order valence-electron chi connectivity index (χ4n) is 1.26. The van der Waals surface area contributed by atoms with Crippen LogP contribution in [0.5, 0.6) is 5.75 Å². The van der Waals surface area contributed by atoms with Crippen LogP contribution in [0.4, 0.5) is 0 Å². The Labute approximate surface area is 99.7 Å². The highest BCUT2D eigenvalue weighted by atomic mass is 79.9. The number of methoxy groups -OCH3 is 1. The summed E-state index contributed by atoms with van der Waals surface area (Å²) < 4.78 is 11.8. The van der Waals surface area contributed by atoms with Gasteiger partial charge in [-0.25, -0.2) is 0 Å². The fourth-order valence-corrected chi connectivity index (χ4v) is 1.85. The van der Waals surface area contributed by atoms with Crippen LogP contribution in [0, 0.1) is 6.92 Å². The van der Waals surface area contributed by atoms with Crippen LogP contribution in [0.2, 0.25) is 0 Å². The maximum atomic E-state index is 5.78. The van der Waals surface area contributed by atoms with Gasteiger partial charge in [-0.15, -0.1) is 0 Å². The quantitative estimate of drug-likeness (QED) is 0.816. The van der Waals surface area contributed by atoms with Gasteiger partial charge in [-0.1, -0.05) is 6.07 Å². The maximum Gasteiger partial charge on any atom is 0.133 e. The van der Waals surface area contributed by atoms with Crippen molar-refractivity contribution in [2.24, 2.45) is 0 Å². The lowest BCUT2D eigenvalue weighted by molar-refractivity contribution is 0.134. The second-order valence-corrected chi connectivity index (χ2v) is 4.50. The van der Waals surface area contributed by atoms with E-state index in [2.05, 4.69) is 28.9 Å². The van der Waals surface area contributed by atoms with E-state index in [1.54, 1.807) is 7.11 Å². The highest BCUT2D eigenvalue weighted by Gasteiger charge is 2.06. The number of ether oxygens (including phenoxy) is 2. The molecule has 0 aliphatic heterocycles. The van der Waals surface area contributed by atoms with Crippen LogP contribution < -0.4 is 4.74 Å². The van der Waals surface area contributed by atoms with Gasteiger partial charge in [0.15, 0.2) is 0 Å². The molecule has 1 aromatic carbocycles. The van der Waals surface area contributed by atoms with Crippen LogP contribution >= 0.6 is 15.9 Å². The standard InChI is InChI=1S/C12H17BrO2/c1-9-4-5-12(11(13)8-9)15-10(2)6-7-14-3/h4-5,8,10H,6-7H2,1-3H3. The van der Waals surface area contributed by atoms with Gasteiger partial charge in [0.25, 0.3) is 0 Å². The van der Waals surface area contributed by atoms with Crippen LogP contribution in [0.25, 0.3) is 0 Å². The zero-order valence-electron chi connectivity index (χ0n) is 9.42. The molecular formula is C12H17BrO2. The van der Waals surface area contributed by atoms with Crippen molar-refractivity contribution in [3.63, 3.8) is 0 Å². The zero-order valence-corrected chi connectivity index (χ0v) is 11.0. The molecule has 0 N–H and O–H groups in total. The van der Waals surface area contributed by atoms with Gasteiger partial charge in [-0.2, -0.15) is 0 Å². The van der Waals surface area contributed by atoms with Crippen LogP contribution in [0.15, 0.2) is 22.7 Å². The van der Waals surface area contributed by atoms with Crippen LogP contribution in [0.3, 0.4) is 0 Å². The molecule has 3 heteroatoms. The van der Waals surface area contributed by atoms with Gasteiger partial charge >= 0.3 is 0 Å². The molecule has 1 atom stereocenters. The summed E-state index contributed by atoms with van der Waals surface area (Å²) in [5, 5.41) is 0. The molecule has 0 aromatic heterocycles. The van der Waals surface area contributed by atoms with Crippen molar-refractivity contribution >= 4 is 15.9 Å². The third kappa shape index (κ3) is 4.22. The molecule has 1 aromatic rings. The van der Waals surface area contributed by atoms with Crippen molar-refractivity contribution < 1.29 is 9.47 Å². The number of hydrogen-bond donors (Lipinski definition) is 0. The molecule has 1 unspecified atom stereocenters. The van der Waals surface area contributed by atoms with Crippen molar-refractivity contribution in [3.05, 3.63) is 28.2 Å². The van der Waals surface area contributed by atoms with E-state index < -0.39 is 0 Å². The zero-order chi connectivity index (χ0) is 11.3. The van der Waals surface area contributed by atoms with Gasteiger partial charge < -0.3 is 9.47 Å². The second kappa shape index (κ2) is 6.13. The summed E-state index contributed by atoms with van der Waals surface area (Å²) in [7, 11) is 1.70. The average molecular weight is 273 g/mol.